The van der Waals surface area contributed by atoms with Gasteiger partial charge < -0.3 is 14.2 Å². The minimum Gasteiger partial charge on any atom is -0.463 e. The summed E-state index contributed by atoms with van der Waals surface area (Å²) in [4.78, 5) is 21.6. The summed E-state index contributed by atoms with van der Waals surface area (Å²) in [6.07, 6.45) is -0.658. The lowest BCUT2D eigenvalue weighted by atomic mass is 10.2. The van der Waals surface area contributed by atoms with Gasteiger partial charge in [-0.3, -0.25) is 0 Å². The van der Waals surface area contributed by atoms with E-state index in [9.17, 15) is 4.79 Å². The Bertz CT molecular complexity index is 295. The van der Waals surface area contributed by atoms with Crippen molar-refractivity contribution in [2.45, 2.75) is 46.5 Å². The molecule has 0 amide bonds. The fourth-order valence-electron chi connectivity index (χ4n) is 1.06. The molecule has 20 heavy (non-hydrogen) atoms. The van der Waals surface area contributed by atoms with E-state index in [4.69, 9.17) is 24.0 Å². The van der Waals surface area contributed by atoms with Crippen LogP contribution in [0.3, 0.4) is 0 Å². The molecule has 0 aromatic carbocycles. The molecule has 0 fully saturated rings. The van der Waals surface area contributed by atoms with Gasteiger partial charge in [0, 0.05) is 6.61 Å². The number of hydrogen-bond acceptors (Lipinski definition) is 6. The zero-order valence-corrected chi connectivity index (χ0v) is 13.1. The van der Waals surface area contributed by atoms with Crippen LogP contribution in [-0.2, 0) is 28.8 Å². The van der Waals surface area contributed by atoms with Crippen LogP contribution in [0, 0.1) is 0 Å². The SMILES string of the molecule is C=C(COCC(OCC)OOC(C)(C)C)C(=O)OCC. The fraction of sp³-hybridized carbons (Fsp3) is 0.786. The largest absolute Gasteiger partial charge is 0.463 e. The second-order valence-electron chi connectivity index (χ2n) is 5.02. The fourth-order valence-corrected chi connectivity index (χ4v) is 1.06. The van der Waals surface area contributed by atoms with Gasteiger partial charge in [0.25, 0.3) is 0 Å². The summed E-state index contributed by atoms with van der Waals surface area (Å²) in [7, 11) is 0. The van der Waals surface area contributed by atoms with Gasteiger partial charge in [-0.15, -0.1) is 0 Å². The molecule has 0 aliphatic heterocycles. The van der Waals surface area contributed by atoms with Crippen LogP contribution in [0.5, 0.6) is 0 Å². The average Bonchev–Trinajstić information content (AvgIpc) is 2.35. The van der Waals surface area contributed by atoms with Gasteiger partial charge in [-0.05, 0) is 34.6 Å². The summed E-state index contributed by atoms with van der Waals surface area (Å²) in [5, 5.41) is 0. The highest BCUT2D eigenvalue weighted by molar-refractivity contribution is 5.87. The first-order valence-corrected chi connectivity index (χ1v) is 6.68. The molecule has 0 rings (SSSR count). The molecule has 0 radical (unpaired) electrons. The summed E-state index contributed by atoms with van der Waals surface area (Å²) in [6, 6.07) is 0. The van der Waals surface area contributed by atoms with E-state index >= 15 is 0 Å². The van der Waals surface area contributed by atoms with E-state index in [1.165, 1.54) is 0 Å². The molecule has 1 atom stereocenters. The second kappa shape index (κ2) is 9.88. The summed E-state index contributed by atoms with van der Waals surface area (Å²) in [6.45, 7) is 13.7. The maximum Gasteiger partial charge on any atom is 0.335 e. The topological polar surface area (TPSA) is 63.2 Å². The molecule has 0 heterocycles. The van der Waals surface area contributed by atoms with Crippen molar-refractivity contribution in [3.63, 3.8) is 0 Å². The van der Waals surface area contributed by atoms with Gasteiger partial charge in [0.05, 0.1) is 24.4 Å². The molecule has 118 valence electrons. The van der Waals surface area contributed by atoms with Gasteiger partial charge in [-0.2, -0.15) is 0 Å². The summed E-state index contributed by atoms with van der Waals surface area (Å²) in [5.74, 6) is -0.465. The van der Waals surface area contributed by atoms with Crippen molar-refractivity contribution >= 4 is 5.97 Å². The van der Waals surface area contributed by atoms with Crippen LogP contribution in [0.25, 0.3) is 0 Å². The van der Waals surface area contributed by atoms with E-state index < -0.39 is 17.9 Å². The zero-order valence-electron chi connectivity index (χ0n) is 13.1. The van der Waals surface area contributed by atoms with Crippen molar-refractivity contribution in [1.82, 2.24) is 0 Å². The minimum absolute atomic E-state index is 0.0568. The lowest BCUT2D eigenvalue weighted by Gasteiger charge is -2.23. The normalized spacial score (nSPS) is 13.1. The molecule has 0 saturated heterocycles. The van der Waals surface area contributed by atoms with Crippen LogP contribution in [-0.4, -0.2) is 44.3 Å². The third kappa shape index (κ3) is 9.91. The van der Waals surface area contributed by atoms with E-state index in [0.717, 1.165) is 0 Å². The van der Waals surface area contributed by atoms with E-state index in [-0.39, 0.29) is 18.8 Å². The Hall–Kier alpha value is -0.950. The van der Waals surface area contributed by atoms with Crippen LogP contribution in [0.1, 0.15) is 34.6 Å². The number of rotatable bonds is 10. The van der Waals surface area contributed by atoms with Crippen molar-refractivity contribution in [3.05, 3.63) is 12.2 Å². The average molecular weight is 290 g/mol. The van der Waals surface area contributed by atoms with E-state index in [2.05, 4.69) is 6.58 Å². The van der Waals surface area contributed by atoms with Gasteiger partial charge in [0.2, 0.25) is 6.29 Å². The lowest BCUT2D eigenvalue weighted by Crippen LogP contribution is -2.29. The molecule has 0 aliphatic rings. The molecule has 0 aliphatic carbocycles. The standard InChI is InChI=1S/C14H26O6/c1-7-17-12(19-20-14(4,5)6)10-16-9-11(3)13(15)18-8-2/h12H,3,7-10H2,1-2,4-6H3. The Morgan fingerprint density at radius 1 is 1.20 bits per heavy atom. The third-order valence-corrected chi connectivity index (χ3v) is 1.85. The Morgan fingerprint density at radius 2 is 1.85 bits per heavy atom. The van der Waals surface area contributed by atoms with Crippen molar-refractivity contribution in [2.75, 3.05) is 26.4 Å². The van der Waals surface area contributed by atoms with Crippen molar-refractivity contribution < 1.29 is 28.8 Å². The number of carbonyl (C=O) groups excluding carboxylic acids is 1. The zero-order chi connectivity index (χ0) is 15.6. The first-order valence-electron chi connectivity index (χ1n) is 6.68. The highest BCUT2D eigenvalue weighted by Gasteiger charge is 2.18. The number of esters is 1. The maximum atomic E-state index is 11.3. The predicted octanol–water partition coefficient (Wildman–Crippen LogP) is 2.23. The monoisotopic (exact) mass is 290 g/mol. The first-order chi connectivity index (χ1) is 9.30. The van der Waals surface area contributed by atoms with E-state index in [1.54, 1.807) is 6.92 Å². The van der Waals surface area contributed by atoms with Gasteiger partial charge >= 0.3 is 5.97 Å². The summed E-state index contributed by atoms with van der Waals surface area (Å²) >= 11 is 0. The Labute approximate surface area is 120 Å². The molecule has 6 heteroatoms. The summed E-state index contributed by atoms with van der Waals surface area (Å²) in [5.41, 5.74) is -0.192. The molecule has 1 unspecified atom stereocenters. The molecule has 0 saturated carbocycles. The molecule has 0 bridgehead atoms. The van der Waals surface area contributed by atoms with Gasteiger partial charge in [0.15, 0.2) is 0 Å². The second-order valence-corrected chi connectivity index (χ2v) is 5.02. The van der Waals surface area contributed by atoms with Gasteiger partial charge in [-0.1, -0.05) is 6.58 Å². The molecular weight excluding hydrogens is 264 g/mol. The highest BCUT2D eigenvalue weighted by atomic mass is 17.2. The number of hydrogen-bond donors (Lipinski definition) is 0. The minimum atomic E-state index is -0.658. The van der Waals surface area contributed by atoms with Crippen LogP contribution in [0.2, 0.25) is 0 Å². The predicted molar refractivity (Wildman–Crippen MR) is 73.9 cm³/mol. The molecular formula is C14H26O6. The quantitative estimate of drug-likeness (QED) is 0.202. The third-order valence-electron chi connectivity index (χ3n) is 1.85. The van der Waals surface area contributed by atoms with E-state index in [0.29, 0.717) is 13.2 Å². The smallest absolute Gasteiger partial charge is 0.335 e. The van der Waals surface area contributed by atoms with Gasteiger partial charge in [-0.25, -0.2) is 14.6 Å². The first kappa shape index (κ1) is 19.1. The van der Waals surface area contributed by atoms with Crippen LogP contribution in [0.4, 0.5) is 0 Å². The molecule has 0 N–H and O–H groups in total. The lowest BCUT2D eigenvalue weighted by molar-refractivity contribution is -0.420. The molecule has 0 spiro atoms. The van der Waals surface area contributed by atoms with Crippen LogP contribution < -0.4 is 0 Å². The highest BCUT2D eigenvalue weighted by Crippen LogP contribution is 2.10. The van der Waals surface area contributed by atoms with Crippen LogP contribution in [0.15, 0.2) is 12.2 Å². The van der Waals surface area contributed by atoms with E-state index in [1.807, 2.05) is 27.7 Å². The van der Waals surface area contributed by atoms with Crippen LogP contribution >= 0.6 is 0 Å². The Morgan fingerprint density at radius 3 is 2.35 bits per heavy atom. The van der Waals surface area contributed by atoms with Crippen molar-refractivity contribution in [3.8, 4) is 0 Å². The molecule has 6 nitrogen and oxygen atoms in total. The Kier molecular flexibility index (Phi) is 9.41. The molecule has 0 aromatic heterocycles. The summed E-state index contributed by atoms with van der Waals surface area (Å²) < 4.78 is 15.4. The van der Waals surface area contributed by atoms with Gasteiger partial charge in [0.1, 0.15) is 6.61 Å². The Balaban J connectivity index is 4.02. The van der Waals surface area contributed by atoms with Crippen molar-refractivity contribution in [2.24, 2.45) is 0 Å². The number of carbonyl (C=O) groups is 1. The maximum absolute atomic E-state index is 11.3. The van der Waals surface area contributed by atoms with Crippen molar-refractivity contribution in [1.29, 1.82) is 0 Å². The molecule has 0 aromatic rings. The number of ether oxygens (including phenoxy) is 3.